The summed E-state index contributed by atoms with van der Waals surface area (Å²) in [4.78, 5) is 0. The molecule has 0 atom stereocenters. The molecule has 0 amide bonds. The van der Waals surface area contributed by atoms with Crippen molar-refractivity contribution in [3.63, 3.8) is 0 Å². The third-order valence-electron chi connectivity index (χ3n) is 9.52. The number of rotatable bonds is 10. The zero-order chi connectivity index (χ0) is 37.4. The first-order valence-electron chi connectivity index (χ1n) is 18.8. The van der Waals surface area contributed by atoms with Gasteiger partial charge in [-0.1, -0.05) is 208 Å². The quantitative estimate of drug-likeness (QED) is 0.0975. The van der Waals surface area contributed by atoms with Crippen LogP contribution in [0, 0.1) is 66.3 Å². The fraction of sp³-hybridized carbons (Fsp3) is 0.200. The molecule has 2 aliphatic carbocycles. The standard InChI is InChI=1S/C33H31P2.C17H22P.Fe/c1-33(2,3)26-24-31(34(27-16-8-4-9-17-27)28-18-10-5-11-19-28)32(25-26)35(29-20-12-6-13-21-29)30-22-14-7-15-23-30;1-13(2)18(14(3)4)17-12-8-11-16(17)15-9-6-5-7-10-15;/h4-25H,1-3H3;5-14H,1-4H3;. The van der Waals surface area contributed by atoms with Crippen LogP contribution >= 0.6 is 23.8 Å². The topological polar surface area (TPSA) is 0 Å². The van der Waals surface area contributed by atoms with Gasteiger partial charge in [-0.25, -0.2) is 0 Å². The molecule has 0 heterocycles. The molecule has 0 spiro atoms. The van der Waals surface area contributed by atoms with E-state index in [4.69, 9.17) is 0 Å². The summed E-state index contributed by atoms with van der Waals surface area (Å²) in [6.07, 6.45) is 11.8. The maximum absolute atomic E-state index is 2.52. The molecule has 2 saturated carbocycles. The van der Waals surface area contributed by atoms with Gasteiger partial charge < -0.3 is 0 Å². The molecule has 276 valence electrons. The van der Waals surface area contributed by atoms with Gasteiger partial charge in [-0.2, -0.15) is 0 Å². The molecule has 0 saturated heterocycles. The van der Waals surface area contributed by atoms with Gasteiger partial charge in [0.25, 0.3) is 0 Å². The zero-order valence-corrected chi connectivity index (χ0v) is 36.5. The minimum atomic E-state index is -0.690. The molecule has 0 unspecified atom stereocenters. The van der Waals surface area contributed by atoms with Crippen LogP contribution in [0.15, 0.2) is 152 Å². The van der Waals surface area contributed by atoms with E-state index in [1.807, 2.05) is 0 Å². The van der Waals surface area contributed by atoms with Gasteiger partial charge in [0.05, 0.1) is 0 Å². The van der Waals surface area contributed by atoms with Gasteiger partial charge in [0.15, 0.2) is 0 Å². The Morgan fingerprint density at radius 1 is 0.426 bits per heavy atom. The van der Waals surface area contributed by atoms with E-state index in [9.17, 15) is 0 Å². The predicted molar refractivity (Wildman–Crippen MR) is 238 cm³/mol. The second kappa shape index (κ2) is 20.4. The summed E-state index contributed by atoms with van der Waals surface area (Å²) in [7, 11) is -1.46. The van der Waals surface area contributed by atoms with Gasteiger partial charge in [-0.05, 0) is 97.4 Å². The summed E-state index contributed by atoms with van der Waals surface area (Å²) in [5.41, 5.74) is 7.46. The van der Waals surface area contributed by atoms with Crippen molar-refractivity contribution in [3.8, 4) is 0 Å². The van der Waals surface area contributed by atoms with Crippen molar-refractivity contribution in [2.75, 3.05) is 0 Å². The van der Waals surface area contributed by atoms with Crippen LogP contribution in [0.3, 0.4) is 0 Å². The molecule has 5 aromatic carbocycles. The Morgan fingerprint density at radius 2 is 0.759 bits per heavy atom. The molecule has 4 heteroatoms. The average Bonchev–Trinajstić information content (AvgIpc) is 3.83. The molecular weight excluding hydrogens is 749 g/mol. The first-order valence-corrected chi connectivity index (χ1v) is 23.0. The molecule has 0 N–H and O–H groups in total. The van der Waals surface area contributed by atoms with Crippen LogP contribution in [0.25, 0.3) is 0 Å². The minimum Gasteiger partial charge on any atom is -0.0929 e. The van der Waals surface area contributed by atoms with Gasteiger partial charge >= 0.3 is 0 Å². The van der Waals surface area contributed by atoms with Crippen molar-refractivity contribution in [3.05, 3.63) is 218 Å². The van der Waals surface area contributed by atoms with Crippen molar-refractivity contribution in [2.45, 2.75) is 59.8 Å². The molecule has 0 aliphatic heterocycles. The van der Waals surface area contributed by atoms with Crippen LogP contribution < -0.4 is 21.2 Å². The van der Waals surface area contributed by atoms with E-state index in [1.165, 1.54) is 49.9 Å². The number of hydrogen-bond acceptors (Lipinski definition) is 0. The molecular formula is C50H53FeP3. The minimum absolute atomic E-state index is 0. The molecule has 7 rings (SSSR count). The van der Waals surface area contributed by atoms with Crippen molar-refractivity contribution < 1.29 is 17.1 Å². The van der Waals surface area contributed by atoms with Crippen molar-refractivity contribution in [1.82, 2.24) is 0 Å². The summed E-state index contributed by atoms with van der Waals surface area (Å²) in [6, 6.07) is 55.1. The Labute approximate surface area is 343 Å². The maximum atomic E-state index is 2.52. The van der Waals surface area contributed by atoms with E-state index < -0.39 is 15.8 Å². The molecule has 0 aromatic heterocycles. The zero-order valence-electron chi connectivity index (χ0n) is 32.7. The van der Waals surface area contributed by atoms with Crippen molar-refractivity contribution >= 4 is 45.0 Å². The Bertz CT molecular complexity index is 1600. The molecule has 5 aromatic rings. The Morgan fingerprint density at radius 3 is 1.07 bits per heavy atom. The Hall–Kier alpha value is -2.09. The van der Waals surface area contributed by atoms with Crippen LogP contribution in [0.2, 0.25) is 0 Å². The largest absolute Gasteiger partial charge is 0.0929 e. The smallest absolute Gasteiger partial charge is 0.0251 e. The van der Waals surface area contributed by atoms with Crippen LogP contribution in [-0.4, -0.2) is 11.3 Å². The summed E-state index contributed by atoms with van der Waals surface area (Å²) in [5.74, 6) is 2.85. The SMILES string of the molecule is CC(C)(C)[C]1[CH][C](P(c2ccccc2)c2ccccc2)[C](P(c2ccccc2)c2ccccc2)[CH]1.CC(C)P([C]1[CH][CH][CH][C]1c1ccccc1)C(C)C.[Fe]. The first kappa shape index (κ1) is 43.0. The monoisotopic (exact) mass is 802 g/mol. The van der Waals surface area contributed by atoms with E-state index in [1.54, 1.807) is 5.66 Å². The first-order chi connectivity index (χ1) is 25.6. The van der Waals surface area contributed by atoms with Gasteiger partial charge in [-0.15, -0.1) is 0 Å². The van der Waals surface area contributed by atoms with Crippen molar-refractivity contribution in [1.29, 1.82) is 0 Å². The summed E-state index contributed by atoms with van der Waals surface area (Å²) < 4.78 is 0. The van der Waals surface area contributed by atoms with Crippen LogP contribution in [0.1, 0.15) is 54.0 Å². The summed E-state index contributed by atoms with van der Waals surface area (Å²) in [6.45, 7) is 16.4. The third kappa shape index (κ3) is 10.6. The molecule has 0 bridgehead atoms. The Balaban J connectivity index is 0.000000249. The van der Waals surface area contributed by atoms with E-state index in [0.717, 1.165) is 11.3 Å². The second-order valence-corrected chi connectivity index (χ2v) is 22.8. The van der Waals surface area contributed by atoms with Gasteiger partial charge in [0, 0.05) is 40.0 Å². The van der Waals surface area contributed by atoms with E-state index in [0.29, 0.717) is 0 Å². The molecule has 10 radical (unpaired) electrons. The summed E-state index contributed by atoms with van der Waals surface area (Å²) in [5, 5.41) is 5.60. The van der Waals surface area contributed by atoms with E-state index >= 15 is 0 Å². The van der Waals surface area contributed by atoms with Crippen molar-refractivity contribution in [2.24, 2.45) is 5.41 Å². The number of benzene rings is 5. The molecule has 54 heavy (non-hydrogen) atoms. The van der Waals surface area contributed by atoms with Gasteiger partial charge in [0.2, 0.25) is 0 Å². The molecule has 2 aliphatic rings. The normalized spacial score (nSPS) is 16.4. The van der Waals surface area contributed by atoms with Crippen LogP contribution in [-0.2, 0) is 17.1 Å². The summed E-state index contributed by atoms with van der Waals surface area (Å²) >= 11 is 0. The average molecular weight is 803 g/mol. The van der Waals surface area contributed by atoms with E-state index in [-0.39, 0.29) is 30.4 Å². The number of hydrogen-bond donors (Lipinski definition) is 0. The predicted octanol–water partition coefficient (Wildman–Crippen LogP) is 12.4. The Kier molecular flexibility index (Phi) is 16.2. The molecule has 0 nitrogen and oxygen atoms in total. The fourth-order valence-electron chi connectivity index (χ4n) is 7.09. The fourth-order valence-corrected chi connectivity index (χ4v) is 15.4. The maximum Gasteiger partial charge on any atom is 0.0251 e. The van der Waals surface area contributed by atoms with Crippen LogP contribution in [0.4, 0.5) is 0 Å². The van der Waals surface area contributed by atoms with Crippen LogP contribution in [0.5, 0.6) is 0 Å². The second-order valence-electron chi connectivity index (χ2n) is 15.1. The van der Waals surface area contributed by atoms with Gasteiger partial charge in [-0.3, -0.25) is 0 Å². The van der Waals surface area contributed by atoms with Gasteiger partial charge in [0.1, 0.15) is 0 Å². The molecule has 2 fully saturated rings. The van der Waals surface area contributed by atoms with E-state index in [2.05, 4.69) is 232 Å². The third-order valence-corrected chi connectivity index (χ3v) is 17.8.